The smallest absolute Gasteiger partial charge is 0.127 e. The third kappa shape index (κ3) is 3.34. The Bertz CT molecular complexity index is 686. The zero-order valence-corrected chi connectivity index (χ0v) is 15.7. The first-order valence-corrected chi connectivity index (χ1v) is 8.28. The Morgan fingerprint density at radius 1 is 1.14 bits per heavy atom. The average molecular weight is 409 g/mol. The van der Waals surface area contributed by atoms with Crippen molar-refractivity contribution >= 4 is 50.7 Å². The molecule has 0 radical (unpaired) electrons. The van der Waals surface area contributed by atoms with Crippen LogP contribution >= 0.6 is 50.7 Å². The first kappa shape index (κ1) is 17.0. The molecule has 0 spiro atoms. The van der Waals surface area contributed by atoms with Crippen LogP contribution in [0.1, 0.15) is 27.6 Å². The molecular weight excluding hydrogens is 394 g/mol. The molecule has 21 heavy (non-hydrogen) atoms. The minimum Gasteiger partial charge on any atom is -0.496 e. The quantitative estimate of drug-likeness (QED) is 0.513. The van der Waals surface area contributed by atoms with E-state index in [9.17, 15) is 0 Å². The summed E-state index contributed by atoms with van der Waals surface area (Å²) in [7, 11) is 1.64. The summed E-state index contributed by atoms with van der Waals surface area (Å²) in [6.07, 6.45) is 0. The number of methoxy groups -OCH3 is 1. The van der Waals surface area contributed by atoms with Crippen LogP contribution in [0.3, 0.4) is 0 Å². The Kier molecular flexibility index (Phi) is 5.48. The number of hydrogen-bond donors (Lipinski definition) is 0. The predicted molar refractivity (Wildman–Crippen MR) is 94.3 cm³/mol. The van der Waals surface area contributed by atoms with Gasteiger partial charge in [0.25, 0.3) is 0 Å². The van der Waals surface area contributed by atoms with Crippen LogP contribution in [0.2, 0.25) is 10.0 Å². The van der Waals surface area contributed by atoms with E-state index in [-0.39, 0.29) is 0 Å². The molecule has 0 saturated heterocycles. The van der Waals surface area contributed by atoms with Gasteiger partial charge in [0.05, 0.1) is 12.5 Å². The van der Waals surface area contributed by atoms with Crippen molar-refractivity contribution in [3.05, 3.63) is 61.0 Å². The van der Waals surface area contributed by atoms with Gasteiger partial charge < -0.3 is 4.74 Å². The van der Waals surface area contributed by atoms with E-state index >= 15 is 0 Å². The standard InChI is InChI=1S/C16H14BrCl3O/c1-8-6-12(17)9(2)14(16(8)21-3)15(20)11-7-10(18)4-5-13(11)19/h4-7,15H,1-3H3. The van der Waals surface area contributed by atoms with Gasteiger partial charge in [-0.05, 0) is 54.8 Å². The second-order valence-corrected chi connectivity index (χ2v) is 6.91. The molecular formula is C16H14BrCl3O. The van der Waals surface area contributed by atoms with Gasteiger partial charge in [-0.15, -0.1) is 11.6 Å². The van der Waals surface area contributed by atoms with E-state index in [2.05, 4.69) is 15.9 Å². The molecule has 0 saturated carbocycles. The summed E-state index contributed by atoms with van der Waals surface area (Å²) in [5.41, 5.74) is 3.70. The van der Waals surface area contributed by atoms with Gasteiger partial charge in [-0.2, -0.15) is 0 Å². The van der Waals surface area contributed by atoms with Crippen LogP contribution < -0.4 is 4.74 Å². The number of aryl methyl sites for hydroxylation is 1. The highest BCUT2D eigenvalue weighted by atomic mass is 79.9. The monoisotopic (exact) mass is 406 g/mol. The molecule has 0 aliphatic rings. The first-order valence-electron chi connectivity index (χ1n) is 6.29. The zero-order chi connectivity index (χ0) is 15.7. The van der Waals surface area contributed by atoms with Crippen LogP contribution in [-0.4, -0.2) is 7.11 Å². The summed E-state index contributed by atoms with van der Waals surface area (Å²) in [6, 6.07) is 7.30. The average Bonchev–Trinajstić information content (AvgIpc) is 2.44. The lowest BCUT2D eigenvalue weighted by atomic mass is 9.96. The summed E-state index contributed by atoms with van der Waals surface area (Å²) in [6.45, 7) is 3.98. The normalized spacial score (nSPS) is 12.3. The van der Waals surface area contributed by atoms with Crippen LogP contribution in [0.15, 0.2) is 28.7 Å². The molecule has 5 heteroatoms. The summed E-state index contributed by atoms with van der Waals surface area (Å²) < 4.78 is 6.53. The third-order valence-corrected chi connectivity index (χ3v) is 5.25. The topological polar surface area (TPSA) is 9.23 Å². The van der Waals surface area contributed by atoms with Gasteiger partial charge in [-0.25, -0.2) is 0 Å². The van der Waals surface area contributed by atoms with Crippen molar-refractivity contribution in [1.29, 1.82) is 0 Å². The van der Waals surface area contributed by atoms with E-state index in [1.54, 1.807) is 25.3 Å². The molecule has 0 amide bonds. The molecule has 2 aromatic rings. The molecule has 0 aromatic heterocycles. The summed E-state index contributed by atoms with van der Waals surface area (Å²) >= 11 is 22.6. The molecule has 0 heterocycles. The molecule has 2 rings (SSSR count). The highest BCUT2D eigenvalue weighted by molar-refractivity contribution is 9.10. The van der Waals surface area contributed by atoms with Crippen molar-refractivity contribution in [2.75, 3.05) is 7.11 Å². The maximum Gasteiger partial charge on any atom is 0.127 e. The molecule has 0 fully saturated rings. The number of halogens is 4. The Morgan fingerprint density at radius 2 is 1.81 bits per heavy atom. The Hall–Kier alpha value is -0.410. The lowest BCUT2D eigenvalue weighted by Crippen LogP contribution is -2.03. The van der Waals surface area contributed by atoms with Crippen molar-refractivity contribution in [3.63, 3.8) is 0 Å². The number of rotatable bonds is 3. The van der Waals surface area contributed by atoms with E-state index in [1.165, 1.54) is 0 Å². The van der Waals surface area contributed by atoms with Crippen LogP contribution in [0.25, 0.3) is 0 Å². The Morgan fingerprint density at radius 3 is 2.43 bits per heavy atom. The molecule has 0 aliphatic heterocycles. The summed E-state index contributed by atoms with van der Waals surface area (Å²) in [4.78, 5) is 0. The maximum absolute atomic E-state index is 6.70. The van der Waals surface area contributed by atoms with Crippen molar-refractivity contribution in [2.45, 2.75) is 19.2 Å². The number of hydrogen-bond acceptors (Lipinski definition) is 1. The van der Waals surface area contributed by atoms with Crippen molar-refractivity contribution in [2.24, 2.45) is 0 Å². The van der Waals surface area contributed by atoms with Gasteiger partial charge in [-0.1, -0.05) is 39.1 Å². The molecule has 1 atom stereocenters. The van der Waals surface area contributed by atoms with E-state index in [0.29, 0.717) is 10.0 Å². The minimum absolute atomic E-state index is 0.442. The third-order valence-electron chi connectivity index (χ3n) is 3.40. The zero-order valence-electron chi connectivity index (χ0n) is 11.8. The highest BCUT2D eigenvalue weighted by Crippen LogP contribution is 2.44. The van der Waals surface area contributed by atoms with Gasteiger partial charge in [0.1, 0.15) is 5.75 Å². The van der Waals surface area contributed by atoms with Crippen LogP contribution in [0.4, 0.5) is 0 Å². The van der Waals surface area contributed by atoms with E-state index in [1.807, 2.05) is 19.9 Å². The first-order chi connectivity index (χ1) is 9.86. The summed E-state index contributed by atoms with van der Waals surface area (Å²) in [5, 5.41) is 0.740. The van der Waals surface area contributed by atoms with E-state index < -0.39 is 5.38 Å². The molecule has 0 N–H and O–H groups in total. The molecule has 0 bridgehead atoms. The van der Waals surface area contributed by atoms with Crippen molar-refractivity contribution in [3.8, 4) is 5.75 Å². The Balaban J connectivity index is 2.68. The van der Waals surface area contributed by atoms with Crippen LogP contribution in [0.5, 0.6) is 5.75 Å². The van der Waals surface area contributed by atoms with Gasteiger partial charge >= 0.3 is 0 Å². The Labute approximate surface area is 148 Å². The van der Waals surface area contributed by atoms with Crippen molar-refractivity contribution < 1.29 is 4.74 Å². The van der Waals surface area contributed by atoms with E-state index in [4.69, 9.17) is 39.5 Å². The minimum atomic E-state index is -0.442. The fraction of sp³-hybridized carbons (Fsp3) is 0.250. The second-order valence-electron chi connectivity index (χ2n) is 4.78. The maximum atomic E-state index is 6.70. The van der Waals surface area contributed by atoms with Crippen LogP contribution in [-0.2, 0) is 0 Å². The number of benzene rings is 2. The van der Waals surface area contributed by atoms with Gasteiger partial charge in [0, 0.05) is 20.1 Å². The fourth-order valence-electron chi connectivity index (χ4n) is 2.32. The predicted octanol–water partition coefficient (Wildman–Crippen LogP) is 6.71. The largest absolute Gasteiger partial charge is 0.496 e. The van der Waals surface area contributed by atoms with E-state index in [0.717, 1.165) is 32.5 Å². The van der Waals surface area contributed by atoms with Gasteiger partial charge in [0.15, 0.2) is 0 Å². The fourth-order valence-corrected chi connectivity index (χ4v) is 3.78. The van der Waals surface area contributed by atoms with Crippen LogP contribution in [0, 0.1) is 13.8 Å². The second kappa shape index (κ2) is 6.78. The number of alkyl halides is 1. The molecule has 2 aromatic carbocycles. The molecule has 112 valence electrons. The lowest BCUT2D eigenvalue weighted by Gasteiger charge is -2.21. The molecule has 1 nitrogen and oxygen atoms in total. The van der Waals surface area contributed by atoms with Crippen molar-refractivity contribution in [1.82, 2.24) is 0 Å². The summed E-state index contributed by atoms with van der Waals surface area (Å²) in [5.74, 6) is 0.770. The SMILES string of the molecule is COc1c(C)cc(Br)c(C)c1C(Cl)c1cc(Cl)ccc1Cl. The number of ether oxygens (including phenoxy) is 1. The molecule has 0 aliphatic carbocycles. The van der Waals surface area contributed by atoms with Gasteiger partial charge in [-0.3, -0.25) is 0 Å². The van der Waals surface area contributed by atoms with Gasteiger partial charge in [0.2, 0.25) is 0 Å². The lowest BCUT2D eigenvalue weighted by molar-refractivity contribution is 0.406. The molecule has 1 unspecified atom stereocenters. The highest BCUT2D eigenvalue weighted by Gasteiger charge is 2.23.